The highest BCUT2D eigenvalue weighted by molar-refractivity contribution is 7.89. The van der Waals surface area contributed by atoms with E-state index in [9.17, 15) is 13.2 Å². The zero-order valence-corrected chi connectivity index (χ0v) is 16.1. The summed E-state index contributed by atoms with van der Waals surface area (Å²) < 4.78 is 26.6. The van der Waals surface area contributed by atoms with Gasteiger partial charge in [0.15, 0.2) is 0 Å². The van der Waals surface area contributed by atoms with Crippen LogP contribution in [0.25, 0.3) is 0 Å². The van der Waals surface area contributed by atoms with Gasteiger partial charge in [0.05, 0.1) is 4.90 Å². The fourth-order valence-corrected chi connectivity index (χ4v) is 3.60. The Morgan fingerprint density at radius 3 is 2.54 bits per heavy atom. The van der Waals surface area contributed by atoms with Gasteiger partial charge in [-0.25, -0.2) is 13.1 Å². The summed E-state index contributed by atoms with van der Waals surface area (Å²) in [6.45, 7) is 6.37. The molecular formula is C17H27ClN2O3S. The van der Waals surface area contributed by atoms with Crippen molar-refractivity contribution < 1.29 is 13.2 Å². The standard InChI is InChI=1S/C17H27ClN2O3S/c1-13(2)6-4-7-14(3)20-17(21)10-11-19-24(22,23)16-9-5-8-15(18)12-16/h5,8-9,12-14,19H,4,6-7,10-11H2,1-3H3,(H,20,21). The van der Waals surface area contributed by atoms with E-state index >= 15 is 0 Å². The van der Waals surface area contributed by atoms with Crippen LogP contribution in [-0.2, 0) is 14.8 Å². The van der Waals surface area contributed by atoms with Crippen LogP contribution >= 0.6 is 11.6 Å². The van der Waals surface area contributed by atoms with Crippen molar-refractivity contribution in [2.45, 2.75) is 57.4 Å². The minimum atomic E-state index is -3.65. The topological polar surface area (TPSA) is 75.3 Å². The molecule has 0 radical (unpaired) electrons. The van der Waals surface area contributed by atoms with Gasteiger partial charge in [-0.15, -0.1) is 0 Å². The van der Waals surface area contributed by atoms with E-state index in [4.69, 9.17) is 11.6 Å². The summed E-state index contributed by atoms with van der Waals surface area (Å²) in [7, 11) is -3.65. The summed E-state index contributed by atoms with van der Waals surface area (Å²) in [5.41, 5.74) is 0. The van der Waals surface area contributed by atoms with E-state index in [1.165, 1.54) is 12.1 Å². The lowest BCUT2D eigenvalue weighted by molar-refractivity contribution is -0.121. The molecule has 0 saturated carbocycles. The molecule has 1 aromatic carbocycles. The normalized spacial score (nSPS) is 13.0. The number of halogens is 1. The number of nitrogens with one attached hydrogen (secondary N) is 2. The van der Waals surface area contributed by atoms with E-state index in [0.717, 1.165) is 19.3 Å². The molecule has 1 unspecified atom stereocenters. The predicted molar refractivity (Wildman–Crippen MR) is 97.6 cm³/mol. The van der Waals surface area contributed by atoms with Crippen molar-refractivity contribution in [1.82, 2.24) is 10.0 Å². The number of rotatable bonds is 10. The SMILES string of the molecule is CC(C)CCCC(C)NC(=O)CCNS(=O)(=O)c1cccc(Cl)c1. The van der Waals surface area contributed by atoms with E-state index in [2.05, 4.69) is 23.9 Å². The van der Waals surface area contributed by atoms with Crippen LogP contribution in [0.15, 0.2) is 29.2 Å². The number of hydrogen-bond acceptors (Lipinski definition) is 3. The molecule has 0 bridgehead atoms. The van der Waals surface area contributed by atoms with Crippen LogP contribution < -0.4 is 10.0 Å². The molecule has 24 heavy (non-hydrogen) atoms. The molecule has 0 aliphatic heterocycles. The highest BCUT2D eigenvalue weighted by Crippen LogP contribution is 2.15. The van der Waals surface area contributed by atoms with Crippen molar-refractivity contribution in [3.63, 3.8) is 0 Å². The van der Waals surface area contributed by atoms with Gasteiger partial charge in [0, 0.05) is 24.0 Å². The fourth-order valence-electron chi connectivity index (χ4n) is 2.27. The zero-order chi connectivity index (χ0) is 18.2. The minimum absolute atomic E-state index is 0.0550. The van der Waals surface area contributed by atoms with Crippen LogP contribution in [0.4, 0.5) is 0 Å². The van der Waals surface area contributed by atoms with Gasteiger partial charge in [0.25, 0.3) is 0 Å². The third-order valence-corrected chi connectivity index (χ3v) is 5.27. The third kappa shape index (κ3) is 8.13. The van der Waals surface area contributed by atoms with Crippen molar-refractivity contribution >= 4 is 27.5 Å². The monoisotopic (exact) mass is 374 g/mol. The van der Waals surface area contributed by atoms with E-state index < -0.39 is 10.0 Å². The van der Waals surface area contributed by atoms with Crippen LogP contribution in [0.1, 0.15) is 46.5 Å². The van der Waals surface area contributed by atoms with Crippen LogP contribution in [0.2, 0.25) is 5.02 Å². The number of sulfonamides is 1. The number of carbonyl (C=O) groups is 1. The van der Waals surface area contributed by atoms with Crippen molar-refractivity contribution in [3.05, 3.63) is 29.3 Å². The number of carbonyl (C=O) groups excluding carboxylic acids is 1. The first-order valence-corrected chi connectivity index (χ1v) is 10.1. The van der Waals surface area contributed by atoms with Gasteiger partial charge in [-0.05, 0) is 37.5 Å². The molecular weight excluding hydrogens is 348 g/mol. The molecule has 2 N–H and O–H groups in total. The molecule has 136 valence electrons. The summed E-state index contributed by atoms with van der Waals surface area (Å²) in [6.07, 6.45) is 3.24. The molecule has 0 aliphatic rings. The number of amides is 1. The van der Waals surface area contributed by atoms with Crippen molar-refractivity contribution in [3.8, 4) is 0 Å². The van der Waals surface area contributed by atoms with E-state index in [0.29, 0.717) is 10.9 Å². The first kappa shape index (κ1) is 20.9. The van der Waals surface area contributed by atoms with Crippen molar-refractivity contribution in [2.75, 3.05) is 6.54 Å². The minimum Gasteiger partial charge on any atom is -0.354 e. The summed E-state index contributed by atoms with van der Waals surface area (Å²) in [5, 5.41) is 3.25. The van der Waals surface area contributed by atoms with Gasteiger partial charge in [0.1, 0.15) is 0 Å². The molecule has 0 saturated heterocycles. The van der Waals surface area contributed by atoms with E-state index in [1.807, 2.05) is 6.92 Å². The summed E-state index contributed by atoms with van der Waals surface area (Å²) in [4.78, 5) is 12.0. The van der Waals surface area contributed by atoms with Crippen molar-refractivity contribution in [2.24, 2.45) is 5.92 Å². The molecule has 1 aromatic rings. The Balaban J connectivity index is 2.34. The molecule has 0 fully saturated rings. The highest BCUT2D eigenvalue weighted by atomic mass is 35.5. The first-order chi connectivity index (χ1) is 11.2. The van der Waals surface area contributed by atoms with Gasteiger partial charge >= 0.3 is 0 Å². The Bertz CT molecular complexity index is 632. The van der Waals surface area contributed by atoms with Gasteiger partial charge in [0.2, 0.25) is 15.9 Å². The average Bonchev–Trinajstić information content (AvgIpc) is 2.46. The Kier molecular flexibility index (Phi) is 8.73. The Labute approximate surface area is 150 Å². The Morgan fingerprint density at radius 2 is 1.92 bits per heavy atom. The quantitative estimate of drug-likeness (QED) is 0.659. The third-order valence-electron chi connectivity index (χ3n) is 3.58. The zero-order valence-electron chi connectivity index (χ0n) is 14.5. The molecule has 1 rings (SSSR count). The molecule has 7 heteroatoms. The molecule has 5 nitrogen and oxygen atoms in total. The molecule has 0 aromatic heterocycles. The molecule has 0 heterocycles. The first-order valence-electron chi connectivity index (χ1n) is 8.25. The average molecular weight is 375 g/mol. The van der Waals surface area contributed by atoms with E-state index in [-0.39, 0.29) is 29.8 Å². The summed E-state index contributed by atoms with van der Waals surface area (Å²) in [6, 6.07) is 6.11. The maximum absolute atomic E-state index is 12.1. The van der Waals surface area contributed by atoms with Gasteiger partial charge in [-0.2, -0.15) is 0 Å². The molecule has 0 spiro atoms. The van der Waals surface area contributed by atoms with Gasteiger partial charge in [-0.3, -0.25) is 4.79 Å². The molecule has 0 aliphatic carbocycles. The number of hydrogen-bond donors (Lipinski definition) is 2. The Hall–Kier alpha value is -1.11. The van der Waals surface area contributed by atoms with Crippen LogP contribution in [0.5, 0.6) is 0 Å². The van der Waals surface area contributed by atoms with Gasteiger partial charge in [-0.1, -0.05) is 44.4 Å². The lowest BCUT2D eigenvalue weighted by Crippen LogP contribution is -2.35. The van der Waals surface area contributed by atoms with Crippen LogP contribution in [0, 0.1) is 5.92 Å². The number of benzene rings is 1. The smallest absolute Gasteiger partial charge is 0.240 e. The molecule has 1 atom stereocenters. The Morgan fingerprint density at radius 1 is 1.21 bits per heavy atom. The summed E-state index contributed by atoms with van der Waals surface area (Å²) in [5.74, 6) is 0.509. The summed E-state index contributed by atoms with van der Waals surface area (Å²) >= 11 is 5.80. The van der Waals surface area contributed by atoms with Gasteiger partial charge < -0.3 is 5.32 Å². The highest BCUT2D eigenvalue weighted by Gasteiger charge is 2.15. The van der Waals surface area contributed by atoms with E-state index in [1.54, 1.807) is 12.1 Å². The fraction of sp³-hybridized carbons (Fsp3) is 0.588. The molecule has 1 amide bonds. The largest absolute Gasteiger partial charge is 0.354 e. The lowest BCUT2D eigenvalue weighted by Gasteiger charge is -2.14. The second kappa shape index (κ2) is 10.0. The van der Waals surface area contributed by atoms with Crippen molar-refractivity contribution in [1.29, 1.82) is 0 Å². The lowest BCUT2D eigenvalue weighted by atomic mass is 10.0. The maximum atomic E-state index is 12.1. The predicted octanol–water partition coefficient (Wildman–Crippen LogP) is 3.34. The van der Waals surface area contributed by atoms with Crippen LogP contribution in [-0.4, -0.2) is 26.9 Å². The second-order valence-corrected chi connectivity index (χ2v) is 8.60. The van der Waals surface area contributed by atoms with Crippen LogP contribution in [0.3, 0.4) is 0 Å². The maximum Gasteiger partial charge on any atom is 0.240 e. The second-order valence-electron chi connectivity index (χ2n) is 6.40.